The van der Waals surface area contributed by atoms with Gasteiger partial charge in [-0.25, -0.2) is 4.98 Å². The third-order valence-corrected chi connectivity index (χ3v) is 4.37. The van der Waals surface area contributed by atoms with Crippen molar-refractivity contribution in [3.8, 4) is 17.4 Å². The number of para-hydroxylation sites is 1. The minimum atomic E-state index is 0.269. The lowest BCUT2D eigenvalue weighted by Crippen LogP contribution is -2.20. The van der Waals surface area contributed by atoms with Gasteiger partial charge < -0.3 is 9.47 Å². The largest absolute Gasteiger partial charge is 0.496 e. The molecule has 0 bridgehead atoms. The zero-order valence-electron chi connectivity index (χ0n) is 14.9. The second-order valence-corrected chi connectivity index (χ2v) is 6.49. The van der Waals surface area contributed by atoms with Crippen LogP contribution in [0, 0.1) is 0 Å². The molecule has 0 aliphatic heterocycles. The zero-order valence-corrected chi connectivity index (χ0v) is 16.4. The molecule has 0 saturated carbocycles. The predicted molar refractivity (Wildman–Crippen MR) is 109 cm³/mol. The highest BCUT2D eigenvalue weighted by Gasteiger charge is 2.08. The third-order valence-electron chi connectivity index (χ3n) is 3.82. The van der Waals surface area contributed by atoms with Crippen LogP contribution in [0.4, 0.5) is 0 Å². The zero-order chi connectivity index (χ0) is 19.9. The molecule has 0 fully saturated rings. The van der Waals surface area contributed by atoms with Crippen molar-refractivity contribution in [2.45, 2.75) is 6.54 Å². The Morgan fingerprint density at radius 1 is 1.11 bits per heavy atom. The van der Waals surface area contributed by atoms with Gasteiger partial charge in [-0.1, -0.05) is 41.4 Å². The Balaban J connectivity index is 1.76. The highest BCUT2D eigenvalue weighted by molar-refractivity contribution is 6.34. The van der Waals surface area contributed by atoms with E-state index in [2.05, 4.69) is 15.5 Å². The first-order chi connectivity index (χ1) is 13.6. The van der Waals surface area contributed by atoms with Crippen molar-refractivity contribution in [1.29, 1.82) is 0 Å². The summed E-state index contributed by atoms with van der Waals surface area (Å²) in [5, 5.41) is 10.4. The number of hydroxylamine groups is 1. The molecule has 28 heavy (non-hydrogen) atoms. The molecular weight excluding hydrogens is 401 g/mol. The van der Waals surface area contributed by atoms with E-state index in [1.54, 1.807) is 37.4 Å². The van der Waals surface area contributed by atoms with Crippen molar-refractivity contribution in [3.63, 3.8) is 0 Å². The molecule has 6 nitrogen and oxygen atoms in total. The smallest absolute Gasteiger partial charge is 0.219 e. The van der Waals surface area contributed by atoms with E-state index in [0.717, 1.165) is 11.3 Å². The number of amidine groups is 1. The third kappa shape index (κ3) is 4.92. The van der Waals surface area contributed by atoms with Gasteiger partial charge in [0, 0.05) is 34.5 Å². The Hall–Kier alpha value is -2.80. The Labute approximate surface area is 172 Å². The molecule has 2 aromatic carbocycles. The van der Waals surface area contributed by atoms with E-state index < -0.39 is 0 Å². The van der Waals surface area contributed by atoms with Crippen LogP contribution in [0.25, 0.3) is 0 Å². The van der Waals surface area contributed by atoms with Crippen molar-refractivity contribution in [2.75, 3.05) is 7.11 Å². The van der Waals surface area contributed by atoms with Crippen LogP contribution in [-0.2, 0) is 6.54 Å². The summed E-state index contributed by atoms with van der Waals surface area (Å²) in [6.07, 6.45) is 1.53. The number of methoxy groups -OCH3 is 1. The van der Waals surface area contributed by atoms with Crippen molar-refractivity contribution >= 4 is 29.0 Å². The average Bonchev–Trinajstić information content (AvgIpc) is 2.72. The molecule has 0 radical (unpaired) electrons. The Morgan fingerprint density at radius 2 is 1.93 bits per heavy atom. The maximum Gasteiger partial charge on any atom is 0.219 e. The molecule has 3 rings (SSSR count). The van der Waals surface area contributed by atoms with Crippen molar-refractivity contribution in [3.05, 3.63) is 82.0 Å². The molecule has 144 valence electrons. The molecule has 1 aromatic heterocycles. The van der Waals surface area contributed by atoms with Gasteiger partial charge in [-0.2, -0.15) is 0 Å². The molecular formula is C20H17Cl2N3O3. The Kier molecular flexibility index (Phi) is 6.71. The highest BCUT2D eigenvalue weighted by Crippen LogP contribution is 2.31. The van der Waals surface area contributed by atoms with E-state index in [-0.39, 0.29) is 5.84 Å². The average molecular weight is 418 g/mol. The van der Waals surface area contributed by atoms with Crippen LogP contribution in [0.1, 0.15) is 11.1 Å². The number of aliphatic imine (C=N–C) groups is 1. The lowest BCUT2D eigenvalue weighted by atomic mass is 10.2. The van der Waals surface area contributed by atoms with Crippen LogP contribution < -0.4 is 15.0 Å². The van der Waals surface area contributed by atoms with E-state index in [0.29, 0.717) is 33.8 Å². The quantitative estimate of drug-likeness (QED) is 0.330. The first-order valence-corrected chi connectivity index (χ1v) is 9.02. The molecule has 0 saturated heterocycles. The summed E-state index contributed by atoms with van der Waals surface area (Å²) in [4.78, 5) is 8.61. The number of hydrogen-bond acceptors (Lipinski definition) is 5. The summed E-state index contributed by atoms with van der Waals surface area (Å²) >= 11 is 12.0. The van der Waals surface area contributed by atoms with Crippen molar-refractivity contribution < 1.29 is 14.7 Å². The maximum atomic E-state index is 9.45. The Bertz CT molecular complexity index is 979. The number of hydrogen-bond donors (Lipinski definition) is 2. The molecule has 0 spiro atoms. The fourth-order valence-electron chi connectivity index (χ4n) is 2.44. The molecule has 1 heterocycles. The van der Waals surface area contributed by atoms with E-state index >= 15 is 0 Å². The minimum absolute atomic E-state index is 0.269. The summed E-state index contributed by atoms with van der Waals surface area (Å²) < 4.78 is 11.0. The van der Waals surface area contributed by atoms with E-state index in [4.69, 9.17) is 32.7 Å². The molecule has 0 atom stereocenters. The fourth-order valence-corrected chi connectivity index (χ4v) is 2.76. The summed E-state index contributed by atoms with van der Waals surface area (Å²) in [6.45, 7) is 0.323. The molecule has 2 N–H and O–H groups in total. The van der Waals surface area contributed by atoms with Crippen LogP contribution in [0.5, 0.6) is 17.4 Å². The molecule has 0 aliphatic rings. The van der Waals surface area contributed by atoms with E-state index in [1.807, 2.05) is 24.3 Å². The van der Waals surface area contributed by atoms with Gasteiger partial charge in [-0.15, -0.1) is 0 Å². The molecule has 8 heteroatoms. The number of aromatic nitrogens is 1. The first-order valence-electron chi connectivity index (χ1n) is 8.26. The molecule has 0 amide bonds. The van der Waals surface area contributed by atoms with Crippen LogP contribution >= 0.6 is 23.2 Å². The van der Waals surface area contributed by atoms with Gasteiger partial charge in [-0.05, 0) is 24.3 Å². The van der Waals surface area contributed by atoms with Crippen LogP contribution in [0.15, 0.2) is 65.8 Å². The number of halogens is 2. The van der Waals surface area contributed by atoms with Gasteiger partial charge >= 0.3 is 0 Å². The van der Waals surface area contributed by atoms with Gasteiger partial charge in [0.15, 0.2) is 5.84 Å². The van der Waals surface area contributed by atoms with Gasteiger partial charge in [0.25, 0.3) is 0 Å². The van der Waals surface area contributed by atoms with Gasteiger partial charge in [0.2, 0.25) is 5.88 Å². The van der Waals surface area contributed by atoms with Crippen LogP contribution in [0.3, 0.4) is 0 Å². The number of ether oxygens (including phenoxy) is 2. The fraction of sp³-hybridized carbons (Fsp3) is 0.100. The van der Waals surface area contributed by atoms with Gasteiger partial charge in [0.1, 0.15) is 11.5 Å². The number of pyridine rings is 1. The van der Waals surface area contributed by atoms with Crippen molar-refractivity contribution in [2.24, 2.45) is 4.99 Å². The monoisotopic (exact) mass is 417 g/mol. The topological polar surface area (TPSA) is 76.0 Å². The SMILES string of the molecule is COc1ccccc1CN=C(NO)c1ccc(Oc2cc(Cl)ccc2Cl)nc1. The number of nitrogens with one attached hydrogen (secondary N) is 1. The summed E-state index contributed by atoms with van der Waals surface area (Å²) in [5.74, 6) is 1.73. The van der Waals surface area contributed by atoms with Crippen molar-refractivity contribution in [1.82, 2.24) is 10.5 Å². The standard InChI is InChI=1S/C20H17Cl2N3O3/c1-27-17-5-3-2-4-13(17)11-24-20(25-26)14-6-9-19(23-12-14)28-18-10-15(21)7-8-16(18)22/h2-10,12,26H,11H2,1H3,(H,24,25). The molecule has 3 aromatic rings. The molecule has 0 aliphatic carbocycles. The number of rotatable bonds is 6. The lowest BCUT2D eigenvalue weighted by Gasteiger charge is -2.09. The number of benzene rings is 2. The van der Waals surface area contributed by atoms with E-state index in [1.165, 1.54) is 6.20 Å². The maximum absolute atomic E-state index is 9.45. The van der Waals surface area contributed by atoms with Crippen LogP contribution in [-0.4, -0.2) is 23.1 Å². The second-order valence-electron chi connectivity index (χ2n) is 5.65. The summed E-state index contributed by atoms with van der Waals surface area (Å²) in [7, 11) is 1.60. The summed E-state index contributed by atoms with van der Waals surface area (Å²) in [6, 6.07) is 15.8. The number of nitrogens with zero attached hydrogens (tertiary/aromatic N) is 2. The first kappa shape index (κ1) is 19.9. The lowest BCUT2D eigenvalue weighted by molar-refractivity contribution is 0.234. The Morgan fingerprint density at radius 3 is 2.64 bits per heavy atom. The highest BCUT2D eigenvalue weighted by atomic mass is 35.5. The normalized spacial score (nSPS) is 11.2. The summed E-state index contributed by atoms with van der Waals surface area (Å²) in [5.41, 5.74) is 3.58. The molecule has 0 unspecified atom stereocenters. The van der Waals surface area contributed by atoms with Gasteiger partial charge in [-0.3, -0.25) is 15.7 Å². The van der Waals surface area contributed by atoms with Crippen LogP contribution in [0.2, 0.25) is 10.0 Å². The van der Waals surface area contributed by atoms with Gasteiger partial charge in [0.05, 0.1) is 18.7 Å². The second kappa shape index (κ2) is 9.41. The van der Waals surface area contributed by atoms with E-state index in [9.17, 15) is 5.21 Å². The minimum Gasteiger partial charge on any atom is -0.496 e. The predicted octanol–water partition coefficient (Wildman–Crippen LogP) is 5.11.